The number of hydrogen-bond donors (Lipinski definition) is 0. The minimum absolute atomic E-state index is 0.00716. The fourth-order valence-electron chi connectivity index (χ4n) is 4.22. The van der Waals surface area contributed by atoms with Gasteiger partial charge in [-0.2, -0.15) is 0 Å². The van der Waals surface area contributed by atoms with E-state index < -0.39 is 17.8 Å². The van der Waals surface area contributed by atoms with Crippen molar-refractivity contribution in [2.45, 2.75) is 77.3 Å². The smallest absolute Gasteiger partial charge is 0.333 e. The maximum Gasteiger partial charge on any atom is 0.333 e. The van der Waals surface area contributed by atoms with E-state index in [2.05, 4.69) is 6.58 Å². The molecule has 0 radical (unpaired) electrons. The summed E-state index contributed by atoms with van der Waals surface area (Å²) in [6, 6.07) is 0. The van der Waals surface area contributed by atoms with Gasteiger partial charge in [0, 0.05) is 11.5 Å². The number of fused-ring (bicyclic) bond motifs is 3. The highest BCUT2D eigenvalue weighted by molar-refractivity contribution is 5.88. The largest absolute Gasteiger partial charge is 0.458 e. The van der Waals surface area contributed by atoms with Crippen LogP contribution in [0.3, 0.4) is 0 Å². The molecular formula is C20H28O5. The molecule has 0 aliphatic carbocycles. The summed E-state index contributed by atoms with van der Waals surface area (Å²) in [6.45, 7) is 11.6. The Morgan fingerprint density at radius 2 is 2.12 bits per heavy atom. The summed E-state index contributed by atoms with van der Waals surface area (Å²) in [6.07, 6.45) is 3.83. The van der Waals surface area contributed by atoms with E-state index in [1.54, 1.807) is 19.9 Å². The van der Waals surface area contributed by atoms with Crippen LogP contribution in [-0.2, 0) is 23.8 Å². The molecule has 3 rings (SSSR count). The van der Waals surface area contributed by atoms with Crippen LogP contribution in [-0.4, -0.2) is 35.9 Å². The van der Waals surface area contributed by atoms with Crippen molar-refractivity contribution < 1.29 is 23.8 Å². The predicted octanol–water partition coefficient (Wildman–Crippen LogP) is 3.33. The van der Waals surface area contributed by atoms with Crippen LogP contribution in [0.2, 0.25) is 0 Å². The highest BCUT2D eigenvalue weighted by atomic mass is 16.6. The van der Waals surface area contributed by atoms with Crippen molar-refractivity contribution in [3.63, 3.8) is 0 Å². The van der Waals surface area contributed by atoms with Crippen molar-refractivity contribution in [2.24, 2.45) is 11.8 Å². The van der Waals surface area contributed by atoms with E-state index in [0.717, 1.165) is 31.3 Å². The lowest BCUT2D eigenvalue weighted by atomic mass is 9.78. The van der Waals surface area contributed by atoms with Gasteiger partial charge in [0.2, 0.25) is 0 Å². The normalized spacial score (nSPS) is 41.4. The summed E-state index contributed by atoms with van der Waals surface area (Å²) in [5.41, 5.74) is 0.927. The zero-order valence-corrected chi connectivity index (χ0v) is 15.5. The number of esters is 2. The molecule has 6 unspecified atom stereocenters. The summed E-state index contributed by atoms with van der Waals surface area (Å²) in [5, 5.41) is 0. The molecular weight excluding hydrogens is 320 g/mol. The molecule has 0 aromatic heterocycles. The predicted molar refractivity (Wildman–Crippen MR) is 92.7 cm³/mol. The molecule has 0 saturated carbocycles. The highest BCUT2D eigenvalue weighted by Gasteiger charge is 2.57. The van der Waals surface area contributed by atoms with Gasteiger partial charge in [0.15, 0.2) is 6.10 Å². The van der Waals surface area contributed by atoms with Crippen LogP contribution < -0.4 is 0 Å². The lowest BCUT2D eigenvalue weighted by molar-refractivity contribution is -0.187. The quantitative estimate of drug-likeness (QED) is 0.435. The Bertz CT molecular complexity index is 622. The molecule has 3 heterocycles. The van der Waals surface area contributed by atoms with E-state index in [0.29, 0.717) is 5.57 Å². The van der Waals surface area contributed by atoms with Crippen molar-refractivity contribution in [3.8, 4) is 0 Å². The first kappa shape index (κ1) is 18.2. The van der Waals surface area contributed by atoms with Gasteiger partial charge < -0.3 is 14.2 Å². The highest BCUT2D eigenvalue weighted by Crippen LogP contribution is 2.46. The second-order valence-corrected chi connectivity index (χ2v) is 7.81. The first-order valence-electron chi connectivity index (χ1n) is 9.16. The van der Waals surface area contributed by atoms with Crippen LogP contribution in [0, 0.1) is 11.8 Å². The van der Waals surface area contributed by atoms with E-state index in [1.807, 2.05) is 13.8 Å². The fourth-order valence-corrected chi connectivity index (χ4v) is 4.22. The van der Waals surface area contributed by atoms with Gasteiger partial charge in [0.05, 0.1) is 12.0 Å². The monoisotopic (exact) mass is 348 g/mol. The fraction of sp³-hybridized carbons (Fsp3) is 0.700. The summed E-state index contributed by atoms with van der Waals surface area (Å²) < 4.78 is 17.9. The van der Waals surface area contributed by atoms with Crippen LogP contribution in [0.1, 0.15) is 53.4 Å². The number of carbonyl (C=O) groups excluding carboxylic acids is 2. The maximum absolute atomic E-state index is 12.5. The molecule has 3 fully saturated rings. The van der Waals surface area contributed by atoms with Crippen molar-refractivity contribution in [1.29, 1.82) is 0 Å². The molecule has 5 heteroatoms. The van der Waals surface area contributed by atoms with Crippen molar-refractivity contribution in [2.75, 3.05) is 0 Å². The Labute approximate surface area is 149 Å². The van der Waals surface area contributed by atoms with Gasteiger partial charge in [-0.15, -0.1) is 0 Å². The summed E-state index contributed by atoms with van der Waals surface area (Å²) in [7, 11) is 0. The average molecular weight is 348 g/mol. The molecule has 0 amide bonds. The Morgan fingerprint density at radius 1 is 1.40 bits per heavy atom. The minimum Gasteiger partial charge on any atom is -0.458 e. The first-order valence-corrected chi connectivity index (χ1v) is 9.16. The van der Waals surface area contributed by atoms with Crippen LogP contribution in [0.5, 0.6) is 0 Å². The lowest BCUT2D eigenvalue weighted by Crippen LogP contribution is -2.51. The molecule has 5 nitrogen and oxygen atoms in total. The van der Waals surface area contributed by atoms with Crippen LogP contribution in [0.25, 0.3) is 0 Å². The average Bonchev–Trinajstić information content (AvgIpc) is 3.12. The molecule has 138 valence electrons. The molecule has 0 aromatic carbocycles. The second-order valence-electron chi connectivity index (χ2n) is 7.81. The molecule has 3 aliphatic rings. The van der Waals surface area contributed by atoms with Crippen LogP contribution >= 0.6 is 0 Å². The Balaban J connectivity index is 1.98. The zero-order valence-electron chi connectivity index (χ0n) is 15.5. The molecule has 6 atom stereocenters. The van der Waals surface area contributed by atoms with E-state index in [-0.39, 0.29) is 29.9 Å². The number of allylic oxidation sites excluding steroid dienone is 1. The Hall–Kier alpha value is -1.62. The number of ether oxygens (including phenoxy) is 3. The molecule has 25 heavy (non-hydrogen) atoms. The van der Waals surface area contributed by atoms with E-state index in [9.17, 15) is 9.59 Å². The van der Waals surface area contributed by atoms with Gasteiger partial charge in [0.25, 0.3) is 0 Å². The number of hydrogen-bond acceptors (Lipinski definition) is 5. The van der Waals surface area contributed by atoms with Crippen molar-refractivity contribution in [3.05, 3.63) is 23.8 Å². The molecule has 3 saturated heterocycles. The van der Waals surface area contributed by atoms with Gasteiger partial charge in [0.1, 0.15) is 11.7 Å². The topological polar surface area (TPSA) is 61.8 Å². The van der Waals surface area contributed by atoms with Crippen molar-refractivity contribution in [1.82, 2.24) is 0 Å². The first-order chi connectivity index (χ1) is 11.8. The molecule has 3 aliphatic heterocycles. The molecule has 0 aromatic rings. The van der Waals surface area contributed by atoms with Gasteiger partial charge in [-0.05, 0) is 52.0 Å². The summed E-state index contributed by atoms with van der Waals surface area (Å²) in [5.74, 6) is -0.800. The summed E-state index contributed by atoms with van der Waals surface area (Å²) >= 11 is 0. The zero-order chi connectivity index (χ0) is 18.4. The molecule has 0 spiro atoms. The molecule has 2 bridgehead atoms. The third-order valence-electron chi connectivity index (χ3n) is 6.15. The van der Waals surface area contributed by atoms with E-state index >= 15 is 0 Å². The van der Waals surface area contributed by atoms with Gasteiger partial charge >= 0.3 is 11.9 Å². The van der Waals surface area contributed by atoms with E-state index in [1.165, 1.54) is 0 Å². The van der Waals surface area contributed by atoms with E-state index in [4.69, 9.17) is 14.2 Å². The Kier molecular flexibility index (Phi) is 4.80. The number of carbonyl (C=O) groups is 2. The standard InChI is InChI=1S/C20H28O5/c1-6-11(2)18(21)24-17-16-14(13(4)19(22)23-16)8-7-12(3)15-9-10-20(17,5)25-15/h6,13-17H,3,7-10H2,1-2,4-5H3. The third-order valence-corrected chi connectivity index (χ3v) is 6.15. The Morgan fingerprint density at radius 3 is 2.80 bits per heavy atom. The van der Waals surface area contributed by atoms with Gasteiger partial charge in [-0.25, -0.2) is 4.79 Å². The molecule has 0 N–H and O–H groups in total. The maximum atomic E-state index is 12.5. The SMILES string of the molecule is C=C1CCC2C(C)C(=O)OC2C(OC(=O)C(C)=CC)C2(C)CCC1O2. The summed E-state index contributed by atoms with van der Waals surface area (Å²) in [4.78, 5) is 24.7. The third kappa shape index (κ3) is 3.14. The van der Waals surface area contributed by atoms with Crippen LogP contribution in [0.4, 0.5) is 0 Å². The second kappa shape index (κ2) is 6.60. The minimum atomic E-state index is -0.672. The van der Waals surface area contributed by atoms with Crippen molar-refractivity contribution >= 4 is 11.9 Å². The number of rotatable bonds is 2. The lowest BCUT2D eigenvalue weighted by Gasteiger charge is -2.37. The van der Waals surface area contributed by atoms with Crippen LogP contribution in [0.15, 0.2) is 23.8 Å². The van der Waals surface area contributed by atoms with Gasteiger partial charge in [-0.1, -0.05) is 19.6 Å². The van der Waals surface area contributed by atoms with Gasteiger partial charge in [-0.3, -0.25) is 4.79 Å².